The van der Waals surface area contributed by atoms with Crippen LogP contribution in [0.1, 0.15) is 45.1 Å². The maximum atomic E-state index is 12.7. The molecule has 1 aliphatic heterocycles. The van der Waals surface area contributed by atoms with Crippen LogP contribution in [0.5, 0.6) is 0 Å². The number of pyridine rings is 1. The fourth-order valence-electron chi connectivity index (χ4n) is 4.64. The molecule has 0 amide bonds. The van der Waals surface area contributed by atoms with E-state index in [1.165, 1.54) is 16.6 Å². The number of nitrogens with zero attached hydrogens (tertiary/aromatic N) is 4. The molecule has 0 radical (unpaired) electrons. The SMILES string of the molecule is BC1(Nc2ncc3ccc(=O)n([C@@H]4CCC[C@@]4(C)O)c3n2)CCN(S(C)(=O)=O)CC1. The van der Waals surface area contributed by atoms with Crippen molar-refractivity contribution in [3.05, 3.63) is 28.7 Å². The van der Waals surface area contributed by atoms with Crippen LogP contribution in [-0.2, 0) is 10.0 Å². The van der Waals surface area contributed by atoms with Gasteiger partial charge in [-0.25, -0.2) is 17.7 Å². The van der Waals surface area contributed by atoms with Crippen molar-refractivity contribution in [2.45, 2.75) is 56.1 Å². The third-order valence-corrected chi connectivity index (χ3v) is 7.87. The highest BCUT2D eigenvalue weighted by Crippen LogP contribution is 2.39. The molecule has 162 valence electrons. The van der Waals surface area contributed by atoms with Gasteiger partial charge >= 0.3 is 0 Å². The maximum Gasteiger partial charge on any atom is 0.252 e. The average Bonchev–Trinajstić information content (AvgIpc) is 2.99. The van der Waals surface area contributed by atoms with Crippen LogP contribution in [0.4, 0.5) is 5.95 Å². The molecular formula is C19H28BN5O4S. The van der Waals surface area contributed by atoms with E-state index in [1.807, 2.05) is 7.85 Å². The Hall–Kier alpha value is -1.98. The van der Waals surface area contributed by atoms with Gasteiger partial charge in [-0.05, 0) is 45.1 Å². The van der Waals surface area contributed by atoms with Crippen LogP contribution >= 0.6 is 0 Å². The zero-order chi connectivity index (χ0) is 21.7. The van der Waals surface area contributed by atoms with Crippen molar-refractivity contribution in [3.63, 3.8) is 0 Å². The van der Waals surface area contributed by atoms with E-state index in [1.54, 1.807) is 23.8 Å². The molecule has 1 saturated carbocycles. The Balaban J connectivity index is 1.65. The van der Waals surface area contributed by atoms with E-state index in [0.717, 1.165) is 18.2 Å². The molecule has 0 aromatic carbocycles. The average molecular weight is 433 g/mol. The summed E-state index contributed by atoms with van der Waals surface area (Å²) < 4.78 is 26.6. The highest BCUT2D eigenvalue weighted by Gasteiger charge is 2.39. The molecule has 9 nitrogen and oxygen atoms in total. The van der Waals surface area contributed by atoms with Gasteiger partial charge in [0.15, 0.2) is 0 Å². The van der Waals surface area contributed by atoms with Gasteiger partial charge in [-0.1, -0.05) is 0 Å². The molecule has 2 atom stereocenters. The van der Waals surface area contributed by atoms with E-state index in [4.69, 9.17) is 0 Å². The number of aliphatic hydroxyl groups is 1. The van der Waals surface area contributed by atoms with Crippen molar-refractivity contribution < 1.29 is 13.5 Å². The summed E-state index contributed by atoms with van der Waals surface area (Å²) in [5, 5.41) is 14.9. The summed E-state index contributed by atoms with van der Waals surface area (Å²) in [5.74, 6) is 0.398. The van der Waals surface area contributed by atoms with Gasteiger partial charge in [0.1, 0.15) is 13.5 Å². The molecule has 2 aliphatic rings. The lowest BCUT2D eigenvalue weighted by molar-refractivity contribution is 0.0267. The molecule has 0 spiro atoms. The van der Waals surface area contributed by atoms with Crippen molar-refractivity contribution >= 4 is 34.9 Å². The Morgan fingerprint density at radius 3 is 2.57 bits per heavy atom. The number of anilines is 1. The zero-order valence-corrected chi connectivity index (χ0v) is 18.4. The Labute approximate surface area is 177 Å². The molecule has 1 saturated heterocycles. The largest absolute Gasteiger partial charge is 0.388 e. The monoisotopic (exact) mass is 433 g/mol. The minimum atomic E-state index is -3.20. The summed E-state index contributed by atoms with van der Waals surface area (Å²) in [6, 6.07) is 2.87. The second kappa shape index (κ2) is 7.31. The summed E-state index contributed by atoms with van der Waals surface area (Å²) in [6.45, 7) is 2.64. The minimum Gasteiger partial charge on any atom is -0.388 e. The molecule has 0 unspecified atom stereocenters. The predicted octanol–water partition coefficient (Wildman–Crippen LogP) is 0.0642. The second-order valence-corrected chi connectivity index (χ2v) is 11.1. The number of sulfonamides is 1. The fraction of sp³-hybridized carbons (Fsp3) is 0.632. The molecule has 30 heavy (non-hydrogen) atoms. The molecule has 2 fully saturated rings. The van der Waals surface area contributed by atoms with Gasteiger partial charge in [0.25, 0.3) is 5.56 Å². The van der Waals surface area contributed by atoms with Gasteiger partial charge in [0.2, 0.25) is 16.0 Å². The summed E-state index contributed by atoms with van der Waals surface area (Å²) in [6.07, 6.45) is 6.38. The molecule has 3 heterocycles. The van der Waals surface area contributed by atoms with Crippen molar-refractivity contribution in [1.29, 1.82) is 0 Å². The van der Waals surface area contributed by atoms with Crippen LogP contribution in [0.3, 0.4) is 0 Å². The first-order valence-electron chi connectivity index (χ1n) is 10.3. The molecule has 11 heteroatoms. The Bertz CT molecular complexity index is 1130. The number of hydrogen-bond donors (Lipinski definition) is 2. The van der Waals surface area contributed by atoms with Crippen molar-refractivity contribution in [2.75, 3.05) is 24.7 Å². The van der Waals surface area contributed by atoms with Crippen LogP contribution < -0.4 is 10.9 Å². The highest BCUT2D eigenvalue weighted by atomic mass is 32.2. The molecule has 1 aliphatic carbocycles. The predicted molar refractivity (Wildman–Crippen MR) is 118 cm³/mol. The lowest BCUT2D eigenvalue weighted by atomic mass is 9.71. The Kier molecular flexibility index (Phi) is 5.18. The number of hydrogen-bond acceptors (Lipinski definition) is 7. The van der Waals surface area contributed by atoms with Crippen LogP contribution in [0.15, 0.2) is 23.1 Å². The summed E-state index contributed by atoms with van der Waals surface area (Å²) in [5.41, 5.74) is -0.995. The first kappa shape index (κ1) is 21.3. The summed E-state index contributed by atoms with van der Waals surface area (Å²) >= 11 is 0. The summed E-state index contributed by atoms with van der Waals surface area (Å²) in [4.78, 5) is 21.8. The van der Waals surface area contributed by atoms with Crippen LogP contribution in [0.25, 0.3) is 11.0 Å². The topological polar surface area (TPSA) is 117 Å². The first-order chi connectivity index (χ1) is 14.0. The normalized spacial score (nSPS) is 27.4. The number of piperidine rings is 1. The lowest BCUT2D eigenvalue weighted by Gasteiger charge is -2.39. The molecule has 2 N–H and O–H groups in total. The summed E-state index contributed by atoms with van der Waals surface area (Å²) in [7, 11) is -1.17. The Morgan fingerprint density at radius 1 is 1.27 bits per heavy atom. The standard InChI is InChI=1S/C19H28BN5O4S/c1-18(27)7-3-4-14(18)25-15(26)6-5-13-12-21-17(22-16(13)25)23-19(20)8-10-24(11-9-19)30(2,28)29/h5-6,12,14,27H,3-4,7-11,20H2,1-2H3,(H,21,22,23)/t14-,18-/m1/s1. The van der Waals surface area contributed by atoms with Crippen molar-refractivity contribution in [2.24, 2.45) is 0 Å². The van der Waals surface area contributed by atoms with E-state index >= 15 is 0 Å². The van der Waals surface area contributed by atoms with E-state index < -0.39 is 15.6 Å². The van der Waals surface area contributed by atoms with Gasteiger partial charge in [-0.15, -0.1) is 0 Å². The number of rotatable bonds is 4. The third-order valence-electron chi connectivity index (χ3n) is 6.57. The van der Waals surface area contributed by atoms with E-state index in [9.17, 15) is 18.3 Å². The fourth-order valence-corrected chi connectivity index (χ4v) is 5.49. The maximum absolute atomic E-state index is 12.7. The van der Waals surface area contributed by atoms with Crippen molar-refractivity contribution in [3.8, 4) is 0 Å². The Morgan fingerprint density at radius 2 is 1.97 bits per heavy atom. The first-order valence-corrected chi connectivity index (χ1v) is 12.2. The highest BCUT2D eigenvalue weighted by molar-refractivity contribution is 7.88. The number of aromatic nitrogens is 3. The molecule has 0 bridgehead atoms. The molecular weight excluding hydrogens is 405 g/mol. The lowest BCUT2D eigenvalue weighted by Crippen LogP contribution is -2.51. The van der Waals surface area contributed by atoms with E-state index in [0.29, 0.717) is 43.9 Å². The zero-order valence-electron chi connectivity index (χ0n) is 17.6. The van der Waals surface area contributed by atoms with Crippen LogP contribution in [0, 0.1) is 0 Å². The van der Waals surface area contributed by atoms with Gasteiger partial charge in [0, 0.05) is 36.2 Å². The van der Waals surface area contributed by atoms with Gasteiger partial charge in [-0.2, -0.15) is 4.98 Å². The second-order valence-electron chi connectivity index (χ2n) is 9.13. The third kappa shape index (κ3) is 3.98. The van der Waals surface area contributed by atoms with E-state index in [2.05, 4.69) is 15.3 Å². The van der Waals surface area contributed by atoms with Gasteiger partial charge < -0.3 is 10.4 Å². The van der Waals surface area contributed by atoms with E-state index in [-0.39, 0.29) is 17.0 Å². The van der Waals surface area contributed by atoms with Crippen molar-refractivity contribution in [1.82, 2.24) is 18.8 Å². The van der Waals surface area contributed by atoms with Gasteiger partial charge in [0.05, 0.1) is 17.9 Å². The molecule has 2 aromatic heterocycles. The number of fused-ring (bicyclic) bond motifs is 1. The number of nitrogens with one attached hydrogen (secondary N) is 1. The molecule has 4 rings (SSSR count). The molecule has 2 aromatic rings. The quantitative estimate of drug-likeness (QED) is 0.655. The minimum absolute atomic E-state index is 0.188. The van der Waals surface area contributed by atoms with Crippen LogP contribution in [-0.4, -0.2) is 70.6 Å². The van der Waals surface area contributed by atoms with Gasteiger partial charge in [-0.3, -0.25) is 9.36 Å². The smallest absolute Gasteiger partial charge is 0.252 e. The van der Waals surface area contributed by atoms with Crippen LogP contribution in [0.2, 0.25) is 0 Å².